The quantitative estimate of drug-likeness (QED) is 0.785. The van der Waals surface area contributed by atoms with E-state index in [1.54, 1.807) is 12.2 Å². The van der Waals surface area contributed by atoms with E-state index in [1.165, 1.54) is 13.0 Å². The summed E-state index contributed by atoms with van der Waals surface area (Å²) < 4.78 is 0. The summed E-state index contributed by atoms with van der Waals surface area (Å²) in [6, 6.07) is -1.05. The van der Waals surface area contributed by atoms with E-state index in [-0.39, 0.29) is 12.3 Å². The number of carboxylic acid groups (broad SMARTS) is 1. The normalized spacial score (nSPS) is 21.6. The number of hydrogen-bond donors (Lipinski definition) is 2. The van der Waals surface area contributed by atoms with Crippen LogP contribution < -0.4 is 5.32 Å². The van der Waals surface area contributed by atoms with E-state index in [0.29, 0.717) is 11.3 Å². The molecule has 1 aliphatic heterocycles. The molecule has 0 fully saturated rings. The number of rotatable bonds is 4. The number of carboxylic acids is 1. The van der Waals surface area contributed by atoms with Crippen molar-refractivity contribution in [1.29, 1.82) is 0 Å². The van der Waals surface area contributed by atoms with Crippen LogP contribution in [0.1, 0.15) is 13.3 Å². The van der Waals surface area contributed by atoms with Gasteiger partial charge in [0.2, 0.25) is 5.91 Å². The van der Waals surface area contributed by atoms with Crippen LogP contribution in [0.2, 0.25) is 0 Å². The van der Waals surface area contributed by atoms with Crippen molar-refractivity contribution in [2.45, 2.75) is 19.4 Å². The van der Waals surface area contributed by atoms with Gasteiger partial charge in [-0.25, -0.2) is 9.79 Å². The molecule has 20 heavy (non-hydrogen) atoms. The number of carbonyl (C=O) groups is 3. The molecule has 0 aromatic heterocycles. The lowest BCUT2D eigenvalue weighted by Crippen LogP contribution is -2.41. The van der Waals surface area contributed by atoms with Gasteiger partial charge < -0.3 is 10.4 Å². The van der Waals surface area contributed by atoms with Gasteiger partial charge in [0, 0.05) is 25.3 Å². The number of amides is 2. The standard InChI is InChI=1S/C14H14N2O4/c1-8(17)15-12(14(19)20)6-9-7-13(18)16-11-5-3-2-4-10(9)11/h2-5,7,10,12H,6H2,1H3,(H,15,17)(H,19,20). The molecule has 104 valence electrons. The maximum atomic E-state index is 11.5. The summed E-state index contributed by atoms with van der Waals surface area (Å²) in [4.78, 5) is 37.6. The maximum Gasteiger partial charge on any atom is 0.326 e. The molecule has 0 aromatic rings. The summed E-state index contributed by atoms with van der Waals surface area (Å²) in [6.07, 6.45) is 8.58. The number of allylic oxidation sites excluding steroid dienone is 4. The van der Waals surface area contributed by atoms with Gasteiger partial charge in [0.05, 0.1) is 5.71 Å². The molecule has 6 heteroatoms. The van der Waals surface area contributed by atoms with E-state index in [0.717, 1.165) is 0 Å². The van der Waals surface area contributed by atoms with Crippen LogP contribution in [0.3, 0.4) is 0 Å². The van der Waals surface area contributed by atoms with Gasteiger partial charge in [-0.1, -0.05) is 18.2 Å². The van der Waals surface area contributed by atoms with Crippen molar-refractivity contribution >= 4 is 23.5 Å². The molecule has 0 aromatic carbocycles. The number of aliphatic carboxylic acids is 1. The fourth-order valence-corrected chi connectivity index (χ4v) is 2.23. The van der Waals surface area contributed by atoms with Gasteiger partial charge in [0.1, 0.15) is 6.04 Å². The number of hydrogen-bond acceptors (Lipinski definition) is 3. The zero-order valence-electron chi connectivity index (χ0n) is 10.9. The second kappa shape index (κ2) is 5.64. The van der Waals surface area contributed by atoms with Gasteiger partial charge in [-0.3, -0.25) is 9.59 Å². The van der Waals surface area contributed by atoms with Crippen LogP contribution in [0, 0.1) is 5.92 Å². The van der Waals surface area contributed by atoms with Gasteiger partial charge in [-0.2, -0.15) is 0 Å². The van der Waals surface area contributed by atoms with E-state index < -0.39 is 23.8 Å². The zero-order chi connectivity index (χ0) is 14.7. The number of dihydropyridines is 1. The first-order valence-electron chi connectivity index (χ1n) is 6.15. The number of nitrogens with one attached hydrogen (secondary N) is 1. The van der Waals surface area contributed by atoms with Crippen LogP contribution in [0.5, 0.6) is 0 Å². The van der Waals surface area contributed by atoms with Gasteiger partial charge >= 0.3 is 5.97 Å². The van der Waals surface area contributed by atoms with Crippen molar-refractivity contribution in [2.75, 3.05) is 0 Å². The lowest BCUT2D eigenvalue weighted by atomic mass is 9.84. The SMILES string of the molecule is CC(=O)NC(CC1=CC(=O)N=C2C=CC=CC12)C(=O)O. The van der Waals surface area contributed by atoms with Crippen LogP contribution in [-0.2, 0) is 14.4 Å². The Morgan fingerprint density at radius 1 is 1.45 bits per heavy atom. The summed E-state index contributed by atoms with van der Waals surface area (Å²) in [5.74, 6) is -2.16. The molecule has 2 aliphatic rings. The highest BCUT2D eigenvalue weighted by Gasteiger charge is 2.28. The van der Waals surface area contributed by atoms with Crippen molar-refractivity contribution in [3.63, 3.8) is 0 Å². The first-order chi connectivity index (χ1) is 9.47. The van der Waals surface area contributed by atoms with E-state index in [4.69, 9.17) is 5.11 Å². The molecule has 0 bridgehead atoms. The van der Waals surface area contributed by atoms with Gasteiger partial charge in [0.15, 0.2) is 0 Å². The predicted molar refractivity (Wildman–Crippen MR) is 72.2 cm³/mol. The molecule has 2 amide bonds. The van der Waals surface area contributed by atoms with Crippen LogP contribution in [0.25, 0.3) is 0 Å². The summed E-state index contributed by atoms with van der Waals surface area (Å²) in [7, 11) is 0. The molecule has 2 unspecified atom stereocenters. The van der Waals surface area contributed by atoms with E-state index in [9.17, 15) is 14.4 Å². The summed E-state index contributed by atoms with van der Waals surface area (Å²) >= 11 is 0. The smallest absolute Gasteiger partial charge is 0.326 e. The van der Waals surface area contributed by atoms with Crippen molar-refractivity contribution in [3.8, 4) is 0 Å². The highest BCUT2D eigenvalue weighted by Crippen LogP contribution is 2.26. The fraction of sp³-hybridized carbons (Fsp3) is 0.286. The molecule has 6 nitrogen and oxygen atoms in total. The molecule has 0 spiro atoms. The summed E-state index contributed by atoms with van der Waals surface area (Å²) in [6.45, 7) is 1.26. The lowest BCUT2D eigenvalue weighted by Gasteiger charge is -2.24. The third-order valence-electron chi connectivity index (χ3n) is 3.06. The predicted octanol–water partition coefficient (Wildman–Crippen LogP) is 0.616. The largest absolute Gasteiger partial charge is 0.480 e. The van der Waals surface area contributed by atoms with Gasteiger partial charge in [-0.15, -0.1) is 0 Å². The fourth-order valence-electron chi connectivity index (χ4n) is 2.23. The summed E-state index contributed by atoms with van der Waals surface area (Å²) in [5, 5.41) is 11.5. The Hall–Kier alpha value is -2.50. The number of fused-ring (bicyclic) bond motifs is 1. The van der Waals surface area contributed by atoms with Crippen LogP contribution in [-0.4, -0.2) is 34.6 Å². The van der Waals surface area contributed by atoms with Gasteiger partial charge in [-0.05, 0) is 11.6 Å². The Bertz CT molecular complexity index is 584. The second-order valence-corrected chi connectivity index (χ2v) is 4.61. The monoisotopic (exact) mass is 274 g/mol. The number of nitrogens with zero attached hydrogens (tertiary/aromatic N) is 1. The third-order valence-corrected chi connectivity index (χ3v) is 3.06. The average Bonchev–Trinajstić information content (AvgIpc) is 2.37. The molecule has 2 rings (SSSR count). The minimum Gasteiger partial charge on any atom is -0.480 e. The van der Waals surface area contributed by atoms with Crippen LogP contribution >= 0.6 is 0 Å². The van der Waals surface area contributed by atoms with E-state index >= 15 is 0 Å². The van der Waals surface area contributed by atoms with Crippen LogP contribution in [0.15, 0.2) is 40.9 Å². The highest BCUT2D eigenvalue weighted by molar-refractivity contribution is 6.12. The lowest BCUT2D eigenvalue weighted by molar-refractivity contribution is -0.141. The van der Waals surface area contributed by atoms with Crippen molar-refractivity contribution in [1.82, 2.24) is 5.32 Å². The number of carbonyl (C=O) groups excluding carboxylic acids is 2. The van der Waals surface area contributed by atoms with E-state index in [2.05, 4.69) is 10.3 Å². The van der Waals surface area contributed by atoms with Crippen molar-refractivity contribution in [3.05, 3.63) is 36.0 Å². The second-order valence-electron chi connectivity index (χ2n) is 4.61. The van der Waals surface area contributed by atoms with Gasteiger partial charge in [0.25, 0.3) is 5.91 Å². The Balaban J connectivity index is 2.20. The van der Waals surface area contributed by atoms with Crippen molar-refractivity contribution in [2.24, 2.45) is 10.9 Å². The first kappa shape index (κ1) is 13.9. The molecule has 2 N–H and O–H groups in total. The molecule has 1 aliphatic carbocycles. The Morgan fingerprint density at radius 3 is 2.85 bits per heavy atom. The number of aliphatic imine (C=N–C) groups is 1. The molecule has 0 radical (unpaired) electrons. The Labute approximate surface area is 115 Å². The highest BCUT2D eigenvalue weighted by atomic mass is 16.4. The van der Waals surface area contributed by atoms with Crippen molar-refractivity contribution < 1.29 is 19.5 Å². The molecular formula is C14H14N2O4. The Kier molecular flexibility index (Phi) is 3.93. The third kappa shape index (κ3) is 3.09. The molecular weight excluding hydrogens is 260 g/mol. The molecule has 2 atom stereocenters. The first-order valence-corrected chi connectivity index (χ1v) is 6.15. The molecule has 1 heterocycles. The maximum absolute atomic E-state index is 11.5. The van der Waals surface area contributed by atoms with E-state index in [1.807, 2.05) is 12.2 Å². The minimum absolute atomic E-state index is 0.0719. The topological polar surface area (TPSA) is 95.8 Å². The molecule has 0 saturated carbocycles. The molecule has 0 saturated heterocycles. The minimum atomic E-state index is -1.13. The Morgan fingerprint density at radius 2 is 2.20 bits per heavy atom. The summed E-state index contributed by atoms with van der Waals surface area (Å²) in [5.41, 5.74) is 1.24. The van der Waals surface area contributed by atoms with Crippen LogP contribution in [0.4, 0.5) is 0 Å². The average molecular weight is 274 g/mol. The zero-order valence-corrected chi connectivity index (χ0v) is 10.9.